The molecule has 10 nitrogen and oxygen atoms in total. The molecule has 4 heterocycles. The molecule has 212 valence electrons. The lowest BCUT2D eigenvalue weighted by Crippen LogP contribution is -2.47. The second-order valence-corrected chi connectivity index (χ2v) is 10.1. The monoisotopic (exact) mass is 561 g/mol. The third-order valence-corrected chi connectivity index (χ3v) is 7.61. The molecule has 2 fully saturated rings. The van der Waals surface area contributed by atoms with E-state index in [1.807, 2.05) is 39.3 Å². The third-order valence-electron chi connectivity index (χ3n) is 7.61. The van der Waals surface area contributed by atoms with Crippen LogP contribution in [0.5, 0.6) is 5.75 Å². The lowest BCUT2D eigenvalue weighted by molar-refractivity contribution is -0.0498. The van der Waals surface area contributed by atoms with E-state index >= 15 is 0 Å². The van der Waals surface area contributed by atoms with Crippen molar-refractivity contribution in [3.63, 3.8) is 0 Å². The van der Waals surface area contributed by atoms with Crippen molar-refractivity contribution in [2.75, 3.05) is 31.5 Å². The zero-order valence-corrected chi connectivity index (χ0v) is 22.4. The van der Waals surface area contributed by atoms with E-state index in [1.165, 1.54) is 12.1 Å². The molecular weight excluding hydrogens is 532 g/mol. The minimum Gasteiger partial charge on any atom is -0.435 e. The predicted octanol–water partition coefficient (Wildman–Crippen LogP) is 4.68. The minimum absolute atomic E-state index is 0.0122. The van der Waals surface area contributed by atoms with Crippen LogP contribution in [0.3, 0.4) is 0 Å². The first-order chi connectivity index (χ1) is 19.9. The summed E-state index contributed by atoms with van der Waals surface area (Å²) in [6.07, 6.45) is 6.66. The number of alkyl halides is 2. The number of nitrogens with one attached hydrogen (secondary N) is 2. The summed E-state index contributed by atoms with van der Waals surface area (Å²) in [6.45, 7) is 1.66. The van der Waals surface area contributed by atoms with Crippen molar-refractivity contribution >= 4 is 29.1 Å². The smallest absolute Gasteiger partial charge is 0.387 e. The molecule has 2 N–H and O–H groups in total. The lowest BCUT2D eigenvalue weighted by atomic mass is 10.0. The first-order valence-electron chi connectivity index (χ1n) is 13.5. The highest BCUT2D eigenvalue weighted by Gasteiger charge is 2.32. The number of aromatic nitrogens is 3. The summed E-state index contributed by atoms with van der Waals surface area (Å²) in [4.78, 5) is 38.0. The number of benzene rings is 2. The number of amides is 3. The number of urea groups is 1. The summed E-state index contributed by atoms with van der Waals surface area (Å²) in [5.74, 6) is 0.601. The number of hydrogen-bond acceptors (Lipinski definition) is 6. The fourth-order valence-electron chi connectivity index (χ4n) is 5.53. The molecule has 3 amide bonds. The average molecular weight is 562 g/mol. The minimum atomic E-state index is -2.88. The van der Waals surface area contributed by atoms with Crippen molar-refractivity contribution in [1.29, 1.82) is 0 Å². The molecule has 12 heteroatoms. The summed E-state index contributed by atoms with van der Waals surface area (Å²) in [7, 11) is 0. The van der Waals surface area contributed by atoms with Crippen molar-refractivity contribution in [1.82, 2.24) is 29.5 Å². The van der Waals surface area contributed by atoms with E-state index in [4.69, 9.17) is 0 Å². The normalized spacial score (nSPS) is 16.0. The fourth-order valence-corrected chi connectivity index (χ4v) is 5.53. The molecule has 41 heavy (non-hydrogen) atoms. The number of ether oxygens (including phenoxy) is 1. The number of carbonyl (C=O) groups excluding carboxylic acids is 2. The molecule has 2 aromatic heterocycles. The van der Waals surface area contributed by atoms with Crippen LogP contribution in [0.2, 0.25) is 0 Å². The van der Waals surface area contributed by atoms with Gasteiger partial charge in [0.2, 0.25) is 0 Å². The first-order valence-corrected chi connectivity index (χ1v) is 13.5. The van der Waals surface area contributed by atoms with Crippen molar-refractivity contribution in [3.8, 4) is 17.0 Å². The van der Waals surface area contributed by atoms with Crippen molar-refractivity contribution in [2.24, 2.45) is 0 Å². The van der Waals surface area contributed by atoms with Crippen LogP contribution in [0.15, 0.2) is 61.1 Å². The van der Waals surface area contributed by atoms with E-state index in [-0.39, 0.29) is 23.7 Å². The van der Waals surface area contributed by atoms with Crippen molar-refractivity contribution in [3.05, 3.63) is 72.2 Å². The van der Waals surface area contributed by atoms with E-state index in [2.05, 4.69) is 25.3 Å². The van der Waals surface area contributed by atoms with Gasteiger partial charge in [-0.25, -0.2) is 14.8 Å². The van der Waals surface area contributed by atoms with Gasteiger partial charge in [-0.05, 0) is 67.8 Å². The maximum absolute atomic E-state index is 13.3. The molecule has 2 aromatic carbocycles. The second kappa shape index (κ2) is 11.0. The highest BCUT2D eigenvalue weighted by molar-refractivity contribution is 5.96. The van der Waals surface area contributed by atoms with Crippen LogP contribution in [0.1, 0.15) is 28.8 Å². The van der Waals surface area contributed by atoms with Crippen LogP contribution in [0.25, 0.3) is 16.9 Å². The number of fused-ring (bicyclic) bond motifs is 1. The Labute approximate surface area is 234 Å². The topological polar surface area (TPSA) is 104 Å². The molecule has 0 spiro atoms. The number of anilines is 2. The number of nitrogens with zero attached hydrogens (tertiary/aromatic N) is 5. The Morgan fingerprint density at radius 2 is 1.88 bits per heavy atom. The van der Waals surface area contributed by atoms with E-state index in [1.54, 1.807) is 30.7 Å². The van der Waals surface area contributed by atoms with Gasteiger partial charge in [-0.2, -0.15) is 8.78 Å². The zero-order chi connectivity index (χ0) is 28.5. The molecular formula is C29H29F2N7O3. The maximum Gasteiger partial charge on any atom is 0.387 e. The molecule has 0 bridgehead atoms. The van der Waals surface area contributed by atoms with Crippen LogP contribution in [-0.2, 0) is 0 Å². The van der Waals surface area contributed by atoms with Gasteiger partial charge in [0.05, 0.1) is 11.9 Å². The van der Waals surface area contributed by atoms with E-state index < -0.39 is 6.61 Å². The van der Waals surface area contributed by atoms with Crippen LogP contribution < -0.4 is 15.4 Å². The molecule has 0 atom stereocenters. The maximum atomic E-state index is 13.3. The molecule has 2 saturated heterocycles. The molecule has 2 aliphatic heterocycles. The second-order valence-electron chi connectivity index (χ2n) is 10.1. The number of rotatable bonds is 7. The lowest BCUT2D eigenvalue weighted by Gasteiger charge is -2.36. The van der Waals surface area contributed by atoms with Gasteiger partial charge in [-0.1, -0.05) is 0 Å². The van der Waals surface area contributed by atoms with Gasteiger partial charge in [0.25, 0.3) is 5.91 Å². The summed E-state index contributed by atoms with van der Waals surface area (Å²) >= 11 is 0. The number of aryl methyl sites for hydroxylation is 1. The van der Waals surface area contributed by atoms with Gasteiger partial charge in [0.1, 0.15) is 5.75 Å². The number of likely N-dealkylation sites (tertiary alicyclic amines) is 1. The number of imidazole rings is 1. The van der Waals surface area contributed by atoms with Crippen LogP contribution in [-0.4, -0.2) is 74.9 Å². The SMILES string of the molecule is Cc1cc(Nc2nccn3c(-c4ccc(OC(F)F)cc4)cnc23)ccc1C(=O)N1CCC(N2CCNC2=O)CC1. The molecule has 4 aromatic rings. The standard InChI is InChI=1S/C29H29F2N7O3/c1-18-16-20(4-7-23(18)27(39)36-12-8-21(9-13-36)37-14-11-33-29(37)40)35-25-26-34-17-24(38(26)15-10-32-25)19-2-5-22(6-3-19)41-28(30)31/h2-7,10,15-17,21,28H,8-9,11-14H2,1H3,(H,32,35)(H,33,40). The highest BCUT2D eigenvalue weighted by atomic mass is 19.3. The quantitative estimate of drug-likeness (QED) is 0.340. The Morgan fingerprint density at radius 1 is 1.10 bits per heavy atom. The summed E-state index contributed by atoms with van der Waals surface area (Å²) in [6, 6.07) is 12.1. The molecule has 0 unspecified atom stereocenters. The summed E-state index contributed by atoms with van der Waals surface area (Å²) < 4.78 is 31.3. The zero-order valence-electron chi connectivity index (χ0n) is 22.4. The summed E-state index contributed by atoms with van der Waals surface area (Å²) in [5.41, 5.74) is 4.37. The van der Waals surface area contributed by atoms with Gasteiger partial charge in [0.15, 0.2) is 11.5 Å². The van der Waals surface area contributed by atoms with Gasteiger partial charge in [-0.15, -0.1) is 0 Å². The van der Waals surface area contributed by atoms with Crippen LogP contribution in [0, 0.1) is 6.92 Å². The number of hydrogen-bond donors (Lipinski definition) is 2. The van der Waals surface area contributed by atoms with E-state index in [0.717, 1.165) is 41.9 Å². The number of piperidine rings is 1. The van der Waals surface area contributed by atoms with Crippen LogP contribution in [0.4, 0.5) is 25.1 Å². The highest BCUT2D eigenvalue weighted by Crippen LogP contribution is 2.28. The van der Waals surface area contributed by atoms with Gasteiger partial charge < -0.3 is 25.2 Å². The van der Waals surface area contributed by atoms with E-state index in [0.29, 0.717) is 36.7 Å². The Kier molecular flexibility index (Phi) is 7.12. The fraction of sp³-hybridized carbons (Fsp3) is 0.310. The molecule has 2 aliphatic rings. The van der Waals surface area contributed by atoms with Crippen molar-refractivity contribution in [2.45, 2.75) is 32.4 Å². The van der Waals surface area contributed by atoms with E-state index in [9.17, 15) is 18.4 Å². The Hall–Kier alpha value is -4.74. The molecule has 0 radical (unpaired) electrons. The average Bonchev–Trinajstić information content (AvgIpc) is 3.60. The van der Waals surface area contributed by atoms with Gasteiger partial charge in [-0.3, -0.25) is 9.20 Å². The number of halogens is 2. The first kappa shape index (κ1) is 26.5. The summed E-state index contributed by atoms with van der Waals surface area (Å²) in [5, 5.41) is 6.15. The Morgan fingerprint density at radius 3 is 2.56 bits per heavy atom. The van der Waals surface area contributed by atoms with Crippen molar-refractivity contribution < 1.29 is 23.1 Å². The third kappa shape index (κ3) is 5.37. The Balaban J connectivity index is 1.15. The van der Waals surface area contributed by atoms with Gasteiger partial charge >= 0.3 is 12.6 Å². The molecule has 0 saturated carbocycles. The predicted molar refractivity (Wildman–Crippen MR) is 149 cm³/mol. The largest absolute Gasteiger partial charge is 0.435 e. The van der Waals surface area contributed by atoms with Crippen LogP contribution >= 0.6 is 0 Å². The molecule has 0 aliphatic carbocycles. The molecule has 6 rings (SSSR count). The number of carbonyl (C=O) groups is 2. The van der Waals surface area contributed by atoms with Gasteiger partial charge in [0, 0.05) is 61.4 Å². The Bertz CT molecular complexity index is 1580.